The van der Waals surface area contributed by atoms with Gasteiger partial charge < -0.3 is 10.4 Å². The van der Waals surface area contributed by atoms with Crippen molar-refractivity contribution >= 4 is 17.5 Å². The number of carbonyl (C=O) groups is 1. The van der Waals surface area contributed by atoms with E-state index in [2.05, 4.69) is 9.68 Å². The van der Waals surface area contributed by atoms with E-state index < -0.39 is 5.97 Å². The number of nitrogens with one attached hydrogen (secondary N) is 1. The van der Waals surface area contributed by atoms with Crippen LogP contribution in [0.3, 0.4) is 0 Å². The van der Waals surface area contributed by atoms with Gasteiger partial charge in [-0.3, -0.25) is 9.16 Å². The first kappa shape index (κ1) is 11.6. The van der Waals surface area contributed by atoms with Gasteiger partial charge in [0, 0.05) is 6.54 Å². The molecule has 0 aromatic rings. The summed E-state index contributed by atoms with van der Waals surface area (Å²) in [5, 5.41) is 11.3. The van der Waals surface area contributed by atoms with E-state index in [1.54, 1.807) is 0 Å². The lowest BCUT2D eigenvalue weighted by atomic mass is 10.3. The molecule has 0 saturated carbocycles. The number of nitrogens with zero attached hydrogens (tertiary/aromatic N) is 1. The Morgan fingerprint density at radius 3 is 2.92 bits per heavy atom. The molecule has 0 atom stereocenters. The SMILES string of the molecule is CNCCCC/N=[SH]/CC(=O)O. The second-order valence-corrected chi connectivity index (χ2v) is 3.25. The van der Waals surface area contributed by atoms with Crippen LogP contribution in [-0.2, 0) is 16.4 Å². The summed E-state index contributed by atoms with van der Waals surface area (Å²) in [5.74, 6) is -0.651. The summed E-state index contributed by atoms with van der Waals surface area (Å²) < 4.78 is 4.05. The van der Waals surface area contributed by atoms with Gasteiger partial charge in [-0.25, -0.2) is 0 Å². The molecule has 0 spiro atoms. The van der Waals surface area contributed by atoms with Crippen molar-refractivity contribution in [3.63, 3.8) is 0 Å². The Morgan fingerprint density at radius 1 is 1.58 bits per heavy atom. The Bertz CT molecular complexity index is 150. The zero-order chi connectivity index (χ0) is 9.23. The number of rotatable bonds is 7. The Kier molecular flexibility index (Phi) is 8.37. The number of hydrogen-bond donors (Lipinski definition) is 3. The molecule has 0 rings (SSSR count). The third-order valence-corrected chi connectivity index (χ3v) is 2.05. The summed E-state index contributed by atoms with van der Waals surface area (Å²) in [6.07, 6.45) is 2.13. The molecule has 0 bridgehead atoms. The summed E-state index contributed by atoms with van der Waals surface area (Å²) in [6, 6.07) is 0. The first-order valence-corrected chi connectivity index (χ1v) is 5.00. The van der Waals surface area contributed by atoms with Crippen LogP contribution < -0.4 is 5.32 Å². The predicted octanol–water partition coefficient (Wildman–Crippen LogP) is 0.0691. The highest BCUT2D eigenvalue weighted by atomic mass is 32.1. The highest BCUT2D eigenvalue weighted by Crippen LogP contribution is 1.87. The standard InChI is InChI=1S/C7H16N2O2S/c1-8-4-2-3-5-9-12-6-7(10)11/h8,12H,2-6H2,1H3,(H,10,11). The number of carboxylic acids is 1. The zero-order valence-corrected chi connectivity index (χ0v) is 8.18. The molecule has 2 N–H and O–H groups in total. The Balaban J connectivity index is 3.08. The Morgan fingerprint density at radius 2 is 2.33 bits per heavy atom. The van der Waals surface area contributed by atoms with Crippen LogP contribution >= 0.6 is 0 Å². The molecule has 5 heteroatoms. The van der Waals surface area contributed by atoms with Crippen molar-refractivity contribution in [3.05, 3.63) is 0 Å². The van der Waals surface area contributed by atoms with Crippen molar-refractivity contribution < 1.29 is 9.90 Å². The van der Waals surface area contributed by atoms with E-state index in [0.29, 0.717) is 11.6 Å². The molecule has 0 aromatic carbocycles. The number of hydrogen-bond acceptors (Lipinski definition) is 3. The lowest BCUT2D eigenvalue weighted by molar-refractivity contribution is -0.133. The summed E-state index contributed by atoms with van der Waals surface area (Å²) in [4.78, 5) is 10.1. The maximum atomic E-state index is 10.1. The topological polar surface area (TPSA) is 61.7 Å². The van der Waals surface area contributed by atoms with Crippen molar-refractivity contribution in [1.82, 2.24) is 5.32 Å². The highest BCUT2D eigenvalue weighted by Gasteiger charge is 1.89. The third-order valence-electron chi connectivity index (χ3n) is 1.24. The number of aliphatic carboxylic acids is 1. The van der Waals surface area contributed by atoms with Gasteiger partial charge in [-0.2, -0.15) is 0 Å². The Hall–Kier alpha value is -0.420. The average molecular weight is 192 g/mol. The van der Waals surface area contributed by atoms with Gasteiger partial charge in [0.05, 0.1) is 5.75 Å². The van der Waals surface area contributed by atoms with E-state index in [-0.39, 0.29) is 5.75 Å². The minimum absolute atomic E-state index is 0.131. The fourth-order valence-electron chi connectivity index (χ4n) is 0.665. The largest absolute Gasteiger partial charge is 0.481 e. The van der Waals surface area contributed by atoms with E-state index in [1.165, 1.54) is 0 Å². The molecule has 72 valence electrons. The predicted molar refractivity (Wildman–Crippen MR) is 51.7 cm³/mol. The van der Waals surface area contributed by atoms with E-state index in [9.17, 15) is 4.79 Å². The van der Waals surface area contributed by atoms with Gasteiger partial charge in [0.1, 0.15) is 0 Å². The number of carboxylic acid groups (broad SMARTS) is 1. The van der Waals surface area contributed by atoms with Crippen LogP contribution in [0.5, 0.6) is 0 Å². The molecule has 0 unspecified atom stereocenters. The van der Waals surface area contributed by atoms with Crippen molar-refractivity contribution in [1.29, 1.82) is 0 Å². The molecule has 0 heterocycles. The minimum atomic E-state index is -0.782. The second kappa shape index (κ2) is 8.67. The molecule has 4 nitrogen and oxygen atoms in total. The average Bonchev–Trinajstić information content (AvgIpc) is 2.02. The minimum Gasteiger partial charge on any atom is -0.481 e. The van der Waals surface area contributed by atoms with Crippen LogP contribution in [0.1, 0.15) is 12.8 Å². The zero-order valence-electron chi connectivity index (χ0n) is 7.29. The van der Waals surface area contributed by atoms with E-state index >= 15 is 0 Å². The number of unbranched alkanes of at least 4 members (excludes halogenated alkanes) is 1. The molecule has 0 aliphatic heterocycles. The summed E-state index contributed by atoms with van der Waals surface area (Å²) in [6.45, 7) is 1.78. The van der Waals surface area contributed by atoms with Gasteiger partial charge in [0.2, 0.25) is 0 Å². The molecular formula is C7H16N2O2S. The first-order valence-electron chi connectivity index (χ1n) is 3.97. The highest BCUT2D eigenvalue weighted by molar-refractivity contribution is 7.69. The van der Waals surface area contributed by atoms with Gasteiger partial charge in [-0.05, 0) is 26.4 Å². The smallest absolute Gasteiger partial charge is 0.314 e. The van der Waals surface area contributed by atoms with Crippen molar-refractivity contribution in [2.45, 2.75) is 12.8 Å². The van der Waals surface area contributed by atoms with Crippen LogP contribution in [0.25, 0.3) is 0 Å². The van der Waals surface area contributed by atoms with Crippen LogP contribution in [0, 0.1) is 0 Å². The lowest BCUT2D eigenvalue weighted by Gasteiger charge is -1.95. The van der Waals surface area contributed by atoms with Crippen molar-refractivity contribution in [2.75, 3.05) is 25.9 Å². The van der Waals surface area contributed by atoms with Crippen molar-refractivity contribution in [3.8, 4) is 0 Å². The first-order chi connectivity index (χ1) is 5.77. The molecule has 0 aliphatic carbocycles. The molecule has 0 aromatic heterocycles. The van der Waals surface area contributed by atoms with Crippen LogP contribution in [0.15, 0.2) is 4.36 Å². The maximum absolute atomic E-state index is 10.1. The fraction of sp³-hybridized carbons (Fsp3) is 0.857. The summed E-state index contributed by atoms with van der Waals surface area (Å²) in [5.41, 5.74) is 0. The van der Waals surface area contributed by atoms with E-state index in [0.717, 1.165) is 25.9 Å². The van der Waals surface area contributed by atoms with Gasteiger partial charge >= 0.3 is 5.97 Å². The van der Waals surface area contributed by atoms with E-state index in [1.807, 2.05) is 7.05 Å². The fourth-order valence-corrected chi connectivity index (χ4v) is 1.17. The lowest BCUT2D eigenvalue weighted by Crippen LogP contribution is -2.07. The van der Waals surface area contributed by atoms with Crippen molar-refractivity contribution in [2.24, 2.45) is 4.36 Å². The van der Waals surface area contributed by atoms with Gasteiger partial charge in [-0.15, -0.1) is 11.6 Å². The normalized spacial score (nSPS) is 11.4. The molecule has 0 saturated heterocycles. The second-order valence-electron chi connectivity index (χ2n) is 2.37. The van der Waals surface area contributed by atoms with E-state index in [4.69, 9.17) is 5.11 Å². The molecule has 0 radical (unpaired) electrons. The Labute approximate surface area is 76.5 Å². The molecule has 12 heavy (non-hydrogen) atoms. The monoisotopic (exact) mass is 192 g/mol. The molecular weight excluding hydrogens is 176 g/mol. The summed E-state index contributed by atoms with van der Waals surface area (Å²) >= 11 is 0.677. The van der Waals surface area contributed by atoms with Crippen LogP contribution in [0.4, 0.5) is 0 Å². The molecule has 0 aliphatic rings. The molecule has 0 fully saturated rings. The summed E-state index contributed by atoms with van der Waals surface area (Å²) in [7, 11) is 1.92. The third kappa shape index (κ3) is 9.58. The number of thiol groups is 1. The van der Waals surface area contributed by atoms with Gasteiger partial charge in [-0.1, -0.05) is 0 Å². The quantitative estimate of drug-likeness (QED) is 0.395. The van der Waals surface area contributed by atoms with Gasteiger partial charge in [0.15, 0.2) is 0 Å². The molecule has 0 amide bonds. The maximum Gasteiger partial charge on any atom is 0.314 e. The van der Waals surface area contributed by atoms with Crippen LogP contribution in [0.2, 0.25) is 0 Å². The van der Waals surface area contributed by atoms with Crippen LogP contribution in [-0.4, -0.2) is 37.0 Å². The van der Waals surface area contributed by atoms with Gasteiger partial charge in [0.25, 0.3) is 0 Å².